The van der Waals surface area contributed by atoms with Crippen molar-refractivity contribution in [3.05, 3.63) is 83.3 Å². The third-order valence-electron chi connectivity index (χ3n) is 8.61. The predicted molar refractivity (Wildman–Crippen MR) is 174 cm³/mol. The Morgan fingerprint density at radius 1 is 0.955 bits per heavy atom. The van der Waals surface area contributed by atoms with E-state index in [-0.39, 0.29) is 5.97 Å². The first-order valence-corrected chi connectivity index (χ1v) is 15.7. The van der Waals surface area contributed by atoms with E-state index in [1.54, 1.807) is 7.11 Å². The molecule has 6 rings (SSSR count). The lowest BCUT2D eigenvalue weighted by molar-refractivity contribution is 0.0512. The molecular formula is C36H42N4O4. The number of para-hydroxylation sites is 1. The van der Waals surface area contributed by atoms with Gasteiger partial charge >= 0.3 is 5.97 Å². The van der Waals surface area contributed by atoms with Crippen molar-refractivity contribution < 1.29 is 19.0 Å². The zero-order chi connectivity index (χ0) is 30.6. The number of benzene rings is 3. The molecule has 1 aliphatic heterocycles. The van der Waals surface area contributed by atoms with Crippen LogP contribution >= 0.6 is 0 Å². The lowest BCUT2D eigenvalue weighted by Crippen LogP contribution is -2.21. The minimum absolute atomic E-state index is 0.268. The molecule has 0 fully saturated rings. The summed E-state index contributed by atoms with van der Waals surface area (Å²) in [7, 11) is 5.88. The van der Waals surface area contributed by atoms with Gasteiger partial charge in [0.15, 0.2) is 0 Å². The summed E-state index contributed by atoms with van der Waals surface area (Å²) in [6.07, 6.45) is 3.43. The molecule has 0 unspecified atom stereocenters. The van der Waals surface area contributed by atoms with Crippen LogP contribution in [0.15, 0.2) is 60.7 Å². The van der Waals surface area contributed by atoms with Gasteiger partial charge < -0.3 is 23.7 Å². The molecule has 0 bridgehead atoms. The summed E-state index contributed by atoms with van der Waals surface area (Å²) >= 11 is 0. The van der Waals surface area contributed by atoms with Gasteiger partial charge in [-0.25, -0.2) is 4.79 Å². The fraction of sp³-hybridized carbons (Fsp3) is 0.389. The van der Waals surface area contributed by atoms with Crippen molar-refractivity contribution >= 4 is 27.6 Å². The van der Waals surface area contributed by atoms with Crippen LogP contribution in [0.5, 0.6) is 5.75 Å². The maximum Gasteiger partial charge on any atom is 0.355 e. The fourth-order valence-electron chi connectivity index (χ4n) is 6.68. The first kappa shape index (κ1) is 29.9. The summed E-state index contributed by atoms with van der Waals surface area (Å²) in [6.45, 7) is 5.61. The van der Waals surface area contributed by atoms with E-state index < -0.39 is 0 Å². The Labute approximate surface area is 259 Å². The summed E-state index contributed by atoms with van der Waals surface area (Å²) < 4.78 is 21.8. The Morgan fingerprint density at radius 3 is 2.57 bits per heavy atom. The fourth-order valence-corrected chi connectivity index (χ4v) is 6.68. The Bertz CT molecular complexity index is 1780. The average molecular weight is 595 g/mol. The molecule has 3 heterocycles. The number of carbonyl (C=O) groups is 1. The highest BCUT2D eigenvalue weighted by molar-refractivity contribution is 6.05. The van der Waals surface area contributed by atoms with Crippen molar-refractivity contribution in [2.45, 2.75) is 52.3 Å². The zero-order valence-electron chi connectivity index (χ0n) is 26.3. The van der Waals surface area contributed by atoms with E-state index in [1.165, 1.54) is 0 Å². The normalized spacial score (nSPS) is 14.0. The molecule has 230 valence electrons. The van der Waals surface area contributed by atoms with Crippen LogP contribution in [0.25, 0.3) is 32.8 Å². The first-order valence-electron chi connectivity index (χ1n) is 15.7. The number of methoxy groups -OCH3 is 1. The molecule has 1 aliphatic rings. The average Bonchev–Trinajstić information content (AvgIpc) is 3.50. The molecule has 5 aromatic rings. The number of fused-ring (bicyclic) bond motifs is 3. The number of hydrogen-bond acceptors (Lipinski definition) is 6. The van der Waals surface area contributed by atoms with Crippen molar-refractivity contribution in [2.75, 3.05) is 33.9 Å². The summed E-state index contributed by atoms with van der Waals surface area (Å²) in [5.41, 5.74) is 6.97. The molecule has 8 nitrogen and oxygen atoms in total. The van der Waals surface area contributed by atoms with Gasteiger partial charge in [-0.3, -0.25) is 4.68 Å². The monoisotopic (exact) mass is 594 g/mol. The number of carbonyl (C=O) groups excluding carboxylic acids is 1. The van der Waals surface area contributed by atoms with Gasteiger partial charge in [0, 0.05) is 49.1 Å². The van der Waals surface area contributed by atoms with Gasteiger partial charge in [0.25, 0.3) is 0 Å². The van der Waals surface area contributed by atoms with Crippen molar-refractivity contribution in [3.63, 3.8) is 0 Å². The van der Waals surface area contributed by atoms with Crippen LogP contribution < -0.4 is 4.74 Å². The summed E-state index contributed by atoms with van der Waals surface area (Å²) in [6, 6.07) is 20.8. The van der Waals surface area contributed by atoms with E-state index in [1.807, 2.05) is 42.9 Å². The Hall–Kier alpha value is -4.14. The minimum Gasteiger partial charge on any atom is -0.493 e. The highest BCUT2D eigenvalue weighted by Gasteiger charge is 2.29. The number of aromatic nitrogens is 3. The zero-order valence-corrected chi connectivity index (χ0v) is 26.3. The highest BCUT2D eigenvalue weighted by atomic mass is 16.5. The molecule has 0 saturated heterocycles. The smallest absolute Gasteiger partial charge is 0.355 e. The van der Waals surface area contributed by atoms with Crippen LogP contribution in [-0.2, 0) is 42.6 Å². The molecule has 0 amide bonds. The van der Waals surface area contributed by atoms with Gasteiger partial charge in [-0.05, 0) is 63.2 Å². The lowest BCUT2D eigenvalue weighted by Gasteiger charge is -2.17. The van der Waals surface area contributed by atoms with Crippen LogP contribution in [0.4, 0.5) is 0 Å². The van der Waals surface area contributed by atoms with E-state index in [0.717, 1.165) is 94.4 Å². The molecule has 0 radical (unpaired) electrons. The molecule has 44 heavy (non-hydrogen) atoms. The number of nitrogens with zero attached hydrogens (tertiary/aromatic N) is 4. The van der Waals surface area contributed by atoms with Crippen LogP contribution in [0.3, 0.4) is 0 Å². The van der Waals surface area contributed by atoms with Gasteiger partial charge in [-0.15, -0.1) is 0 Å². The SMILES string of the molecule is CCOC(=O)c1c(CCCOc2cccc3ccccc23)c2cccc3c2n1CCCCN(C)Cc1c-3c(COC)nn1C. The van der Waals surface area contributed by atoms with E-state index >= 15 is 0 Å². The lowest BCUT2D eigenvalue weighted by atomic mass is 9.97. The second-order valence-electron chi connectivity index (χ2n) is 11.6. The van der Waals surface area contributed by atoms with Crippen molar-refractivity contribution in [1.29, 1.82) is 0 Å². The van der Waals surface area contributed by atoms with Gasteiger partial charge in [-0.1, -0.05) is 54.6 Å². The predicted octanol–water partition coefficient (Wildman–Crippen LogP) is 6.76. The van der Waals surface area contributed by atoms with Crippen LogP contribution in [0, 0.1) is 0 Å². The largest absolute Gasteiger partial charge is 0.493 e. The van der Waals surface area contributed by atoms with Crippen molar-refractivity contribution in [2.24, 2.45) is 7.05 Å². The third-order valence-corrected chi connectivity index (χ3v) is 8.61. The maximum absolute atomic E-state index is 13.7. The molecule has 0 aliphatic carbocycles. The number of ether oxygens (including phenoxy) is 3. The van der Waals surface area contributed by atoms with Crippen molar-refractivity contribution in [1.82, 2.24) is 19.2 Å². The topological polar surface area (TPSA) is 70.8 Å². The Balaban J connectivity index is 1.44. The third kappa shape index (κ3) is 5.72. The van der Waals surface area contributed by atoms with Gasteiger partial charge in [0.2, 0.25) is 0 Å². The second kappa shape index (κ2) is 13.2. The van der Waals surface area contributed by atoms with E-state index in [2.05, 4.69) is 52.9 Å². The van der Waals surface area contributed by atoms with Crippen LogP contribution in [-0.4, -0.2) is 59.1 Å². The molecule has 0 saturated carbocycles. The Morgan fingerprint density at radius 2 is 1.73 bits per heavy atom. The molecule has 8 heteroatoms. The molecule has 0 atom stereocenters. The minimum atomic E-state index is -0.268. The molecular weight excluding hydrogens is 552 g/mol. The first-order chi connectivity index (χ1) is 21.5. The summed E-state index contributed by atoms with van der Waals surface area (Å²) in [5, 5.41) is 8.25. The second-order valence-corrected chi connectivity index (χ2v) is 11.6. The molecule has 2 aromatic heterocycles. The quantitative estimate of drug-likeness (QED) is 0.139. The van der Waals surface area contributed by atoms with E-state index in [0.29, 0.717) is 31.9 Å². The van der Waals surface area contributed by atoms with Gasteiger partial charge in [0.05, 0.1) is 36.7 Å². The van der Waals surface area contributed by atoms with E-state index in [9.17, 15) is 4.79 Å². The standard InChI is InChI=1S/C36H42N4O4/c1-5-43-36(41)35-28(18-12-22-44-32-19-10-14-25-13-6-7-15-26(25)32)27-16-11-17-29-33-30(24-42-4)37-39(3)31(33)23-38(2)20-8-9-21-40(35)34(27)29/h6-7,10-11,13-17,19H,5,8-9,12,18,20-24H2,1-4H3. The maximum atomic E-state index is 13.7. The number of esters is 1. The summed E-state index contributed by atoms with van der Waals surface area (Å²) in [5.74, 6) is 0.614. The van der Waals surface area contributed by atoms with Gasteiger partial charge in [-0.2, -0.15) is 5.10 Å². The van der Waals surface area contributed by atoms with Gasteiger partial charge in [0.1, 0.15) is 11.4 Å². The summed E-state index contributed by atoms with van der Waals surface area (Å²) in [4.78, 5) is 16.1. The molecule has 3 aromatic carbocycles. The van der Waals surface area contributed by atoms with Crippen LogP contribution in [0.1, 0.15) is 53.6 Å². The van der Waals surface area contributed by atoms with Crippen LogP contribution in [0.2, 0.25) is 0 Å². The highest BCUT2D eigenvalue weighted by Crippen LogP contribution is 2.39. The number of rotatable bonds is 9. The number of aryl methyl sites for hydroxylation is 3. The number of hydrogen-bond donors (Lipinski definition) is 0. The Kier molecular flexibility index (Phi) is 9.00. The molecule has 0 spiro atoms. The van der Waals surface area contributed by atoms with E-state index in [4.69, 9.17) is 19.3 Å². The molecule has 0 N–H and O–H groups in total. The van der Waals surface area contributed by atoms with Crippen molar-refractivity contribution in [3.8, 4) is 16.9 Å².